The first-order valence-corrected chi connectivity index (χ1v) is 10.5. The summed E-state index contributed by atoms with van der Waals surface area (Å²) in [5, 5.41) is 7.28. The quantitative estimate of drug-likeness (QED) is 0.786. The second kappa shape index (κ2) is 6.87. The molecule has 146 valence electrons. The summed E-state index contributed by atoms with van der Waals surface area (Å²) in [7, 11) is 0. The maximum Gasteiger partial charge on any atom is 0.248 e. The number of nitrogens with one attached hydrogen (secondary N) is 1. The first kappa shape index (κ1) is 17.7. The lowest BCUT2D eigenvalue weighted by atomic mass is 9.48. The second-order valence-electron chi connectivity index (χ2n) is 9.26. The molecule has 4 aliphatic rings. The van der Waals surface area contributed by atoms with Crippen LogP contribution >= 0.6 is 0 Å². The molecule has 1 aromatic heterocycles. The summed E-state index contributed by atoms with van der Waals surface area (Å²) in [5.41, 5.74) is 3.45. The Morgan fingerprint density at radius 1 is 1.18 bits per heavy atom. The fraction of sp³-hybridized carbons (Fsp3) is 0.522. The lowest BCUT2D eigenvalue weighted by molar-refractivity contribution is -0.112. The van der Waals surface area contributed by atoms with Gasteiger partial charge < -0.3 is 5.32 Å². The number of hydrogen-bond acceptors (Lipinski definition) is 3. The normalized spacial score (nSPS) is 31.2. The van der Waals surface area contributed by atoms with E-state index in [2.05, 4.69) is 22.3 Å². The van der Waals surface area contributed by atoms with Crippen molar-refractivity contribution in [3.05, 3.63) is 54.1 Å². The number of rotatable bonds is 5. The van der Waals surface area contributed by atoms with E-state index in [0.29, 0.717) is 6.54 Å². The van der Waals surface area contributed by atoms with E-state index in [1.807, 2.05) is 30.3 Å². The maximum atomic E-state index is 12.8. The molecule has 0 aliphatic heterocycles. The van der Waals surface area contributed by atoms with Crippen molar-refractivity contribution in [3.8, 4) is 0 Å². The van der Waals surface area contributed by atoms with E-state index >= 15 is 0 Å². The number of para-hydroxylation sites is 1. The van der Waals surface area contributed by atoms with Crippen molar-refractivity contribution in [1.82, 2.24) is 14.8 Å². The molecule has 4 fully saturated rings. The molecule has 6 rings (SSSR count). The molecule has 4 saturated carbocycles. The number of anilines is 1. The predicted molar refractivity (Wildman–Crippen MR) is 109 cm³/mol. The maximum absolute atomic E-state index is 12.8. The van der Waals surface area contributed by atoms with Crippen molar-refractivity contribution >= 4 is 11.6 Å². The van der Waals surface area contributed by atoms with E-state index in [0.717, 1.165) is 29.0 Å². The van der Waals surface area contributed by atoms with Crippen LogP contribution in [0.3, 0.4) is 0 Å². The molecule has 2 aromatic rings. The number of nitrogens with zero attached hydrogens (tertiary/aromatic N) is 3. The van der Waals surface area contributed by atoms with E-state index < -0.39 is 0 Å². The van der Waals surface area contributed by atoms with Crippen molar-refractivity contribution < 1.29 is 4.79 Å². The predicted octanol–water partition coefficient (Wildman–Crippen LogP) is 4.43. The molecule has 0 saturated heterocycles. The summed E-state index contributed by atoms with van der Waals surface area (Å²) in [4.78, 5) is 16.8. The molecule has 1 aromatic carbocycles. The van der Waals surface area contributed by atoms with Crippen LogP contribution in [-0.2, 0) is 11.3 Å². The zero-order valence-corrected chi connectivity index (χ0v) is 16.5. The first-order valence-electron chi connectivity index (χ1n) is 10.5. The Morgan fingerprint density at radius 2 is 1.86 bits per heavy atom. The lowest BCUT2D eigenvalue weighted by Gasteiger charge is -2.57. The fourth-order valence-electron chi connectivity index (χ4n) is 6.38. The number of allylic oxidation sites excluding steroid dienone is 1. The highest BCUT2D eigenvalue weighted by Crippen LogP contribution is 2.62. The Bertz CT molecular complexity index is 864. The van der Waals surface area contributed by atoms with Crippen molar-refractivity contribution in [2.45, 2.75) is 52.0 Å². The SMILES string of the molecule is C/C(=C/C(=O)Nc1ccccc1Cn1cncn1)C12CC3CC(CC(C3)C1)C2. The van der Waals surface area contributed by atoms with Gasteiger partial charge in [0.2, 0.25) is 5.91 Å². The molecule has 4 bridgehead atoms. The summed E-state index contributed by atoms with van der Waals surface area (Å²) in [6.07, 6.45) is 13.2. The highest BCUT2D eigenvalue weighted by molar-refractivity contribution is 6.00. The number of benzene rings is 1. The molecular weight excluding hydrogens is 348 g/mol. The number of carbonyl (C=O) groups excluding carboxylic acids is 1. The summed E-state index contributed by atoms with van der Waals surface area (Å²) in [6.45, 7) is 2.78. The molecule has 0 radical (unpaired) electrons. The third-order valence-corrected chi connectivity index (χ3v) is 7.30. The van der Waals surface area contributed by atoms with Crippen LogP contribution in [-0.4, -0.2) is 20.7 Å². The standard InChI is InChI=1S/C23H28N4O/c1-16(23-10-17-7-18(11-23)9-19(8-17)12-23)6-22(28)26-21-5-3-2-4-20(21)13-27-15-24-14-25-27/h2-6,14-15,17-19H,7-13H2,1H3,(H,26,28)/b16-6-. The van der Waals surface area contributed by atoms with Gasteiger partial charge in [-0.15, -0.1) is 0 Å². The highest BCUT2D eigenvalue weighted by Gasteiger charge is 2.51. The average molecular weight is 377 g/mol. The fourth-order valence-corrected chi connectivity index (χ4v) is 6.38. The molecule has 1 amide bonds. The van der Waals surface area contributed by atoms with Crippen LogP contribution in [0.25, 0.3) is 0 Å². The molecule has 28 heavy (non-hydrogen) atoms. The molecule has 0 unspecified atom stereocenters. The molecule has 1 heterocycles. The van der Waals surface area contributed by atoms with Gasteiger partial charge in [-0.1, -0.05) is 23.8 Å². The minimum Gasteiger partial charge on any atom is -0.322 e. The average Bonchev–Trinajstić information content (AvgIpc) is 3.15. The Kier molecular flexibility index (Phi) is 4.33. The smallest absolute Gasteiger partial charge is 0.248 e. The van der Waals surface area contributed by atoms with Crippen molar-refractivity contribution in [2.75, 3.05) is 5.32 Å². The van der Waals surface area contributed by atoms with Gasteiger partial charge in [0.1, 0.15) is 12.7 Å². The lowest BCUT2D eigenvalue weighted by Crippen LogP contribution is -2.46. The Morgan fingerprint density at radius 3 is 2.50 bits per heavy atom. The Hall–Kier alpha value is -2.43. The van der Waals surface area contributed by atoms with Crippen molar-refractivity contribution in [1.29, 1.82) is 0 Å². The van der Waals surface area contributed by atoms with E-state index in [1.165, 1.54) is 50.4 Å². The van der Waals surface area contributed by atoms with Gasteiger partial charge in [-0.3, -0.25) is 4.79 Å². The van der Waals surface area contributed by atoms with Crippen molar-refractivity contribution in [2.24, 2.45) is 23.2 Å². The summed E-state index contributed by atoms with van der Waals surface area (Å²) >= 11 is 0. The van der Waals surface area contributed by atoms with Gasteiger partial charge in [0, 0.05) is 11.8 Å². The van der Waals surface area contributed by atoms with E-state index in [9.17, 15) is 4.79 Å². The van der Waals surface area contributed by atoms with Gasteiger partial charge in [-0.2, -0.15) is 5.10 Å². The van der Waals surface area contributed by atoms with E-state index in [1.54, 1.807) is 11.0 Å². The van der Waals surface area contributed by atoms with Crippen LogP contribution in [0.15, 0.2) is 48.6 Å². The molecule has 5 nitrogen and oxygen atoms in total. The summed E-state index contributed by atoms with van der Waals surface area (Å²) in [5.74, 6) is 2.66. The number of aromatic nitrogens is 3. The van der Waals surface area contributed by atoms with Gasteiger partial charge in [0.25, 0.3) is 0 Å². The van der Waals surface area contributed by atoms with Gasteiger partial charge in [-0.05, 0) is 80.2 Å². The number of carbonyl (C=O) groups is 1. The first-order chi connectivity index (χ1) is 13.6. The van der Waals surface area contributed by atoms with Crippen LogP contribution in [0.4, 0.5) is 5.69 Å². The largest absolute Gasteiger partial charge is 0.322 e. The zero-order valence-electron chi connectivity index (χ0n) is 16.5. The van der Waals surface area contributed by atoms with Crippen LogP contribution in [0.1, 0.15) is 51.0 Å². The third-order valence-electron chi connectivity index (χ3n) is 7.30. The Labute approximate surface area is 166 Å². The van der Waals surface area contributed by atoms with Gasteiger partial charge in [-0.25, -0.2) is 9.67 Å². The molecule has 5 heteroatoms. The molecule has 1 N–H and O–H groups in total. The third kappa shape index (κ3) is 3.27. The minimum absolute atomic E-state index is 0.0146. The van der Waals surface area contributed by atoms with Crippen LogP contribution in [0.2, 0.25) is 0 Å². The second-order valence-corrected chi connectivity index (χ2v) is 9.26. The van der Waals surface area contributed by atoms with Crippen LogP contribution in [0.5, 0.6) is 0 Å². The molecule has 0 atom stereocenters. The monoisotopic (exact) mass is 376 g/mol. The number of amides is 1. The minimum atomic E-state index is -0.0146. The van der Waals surface area contributed by atoms with Crippen LogP contribution < -0.4 is 5.32 Å². The molecular formula is C23H28N4O. The zero-order chi connectivity index (χ0) is 19.1. The van der Waals surface area contributed by atoms with E-state index in [-0.39, 0.29) is 11.3 Å². The van der Waals surface area contributed by atoms with Gasteiger partial charge in [0.05, 0.1) is 6.54 Å². The van der Waals surface area contributed by atoms with Crippen molar-refractivity contribution in [3.63, 3.8) is 0 Å². The highest BCUT2D eigenvalue weighted by atomic mass is 16.1. The topological polar surface area (TPSA) is 59.8 Å². The summed E-state index contributed by atoms with van der Waals surface area (Å²) < 4.78 is 1.77. The molecule has 0 spiro atoms. The van der Waals surface area contributed by atoms with Gasteiger partial charge >= 0.3 is 0 Å². The Balaban J connectivity index is 1.32. The van der Waals surface area contributed by atoms with Crippen LogP contribution in [0, 0.1) is 23.2 Å². The summed E-state index contributed by atoms with van der Waals surface area (Å²) in [6, 6.07) is 7.92. The van der Waals surface area contributed by atoms with E-state index in [4.69, 9.17) is 0 Å². The molecule has 4 aliphatic carbocycles. The van der Waals surface area contributed by atoms with Gasteiger partial charge in [0.15, 0.2) is 0 Å². The number of hydrogen-bond donors (Lipinski definition) is 1.